The largest absolute Gasteiger partial charge is 0.456 e. The quantitative estimate of drug-likeness (QED) is 0.153. The number of nitro groups is 1. The second kappa shape index (κ2) is 11.5. The van der Waals surface area contributed by atoms with Crippen molar-refractivity contribution >= 4 is 43.2 Å². The molecule has 3 aromatic carbocycles. The average molecular weight is 588 g/mol. The first-order chi connectivity index (χ1) is 18.9. The normalized spacial score (nSPS) is 13.1. The zero-order chi connectivity index (χ0) is 29.1. The van der Waals surface area contributed by atoms with E-state index in [-0.39, 0.29) is 28.4 Å². The van der Waals surface area contributed by atoms with E-state index in [2.05, 4.69) is 4.72 Å². The van der Waals surface area contributed by atoms with Crippen LogP contribution in [-0.2, 0) is 36.0 Å². The number of anilines is 1. The van der Waals surface area contributed by atoms with Crippen LogP contribution in [0.2, 0.25) is 0 Å². The molecule has 0 aromatic heterocycles. The second-order valence-corrected chi connectivity index (χ2v) is 12.8. The summed E-state index contributed by atoms with van der Waals surface area (Å²) in [5.41, 5.74) is 2.69. The van der Waals surface area contributed by atoms with E-state index < -0.39 is 49.9 Å². The topological polar surface area (TPSA) is 170 Å². The Morgan fingerprint density at radius 1 is 0.975 bits per heavy atom. The summed E-state index contributed by atoms with van der Waals surface area (Å²) in [5, 5.41) is 10.8. The molecule has 0 unspecified atom stereocenters. The number of carbonyl (C=O) groups is 2. The van der Waals surface area contributed by atoms with Crippen LogP contribution in [0.1, 0.15) is 22.8 Å². The summed E-state index contributed by atoms with van der Waals surface area (Å²) in [6.45, 7) is 0.534. The number of rotatable bonds is 11. The summed E-state index contributed by atoms with van der Waals surface area (Å²) >= 11 is 0. The maximum Gasteiger partial charge on any atom is 0.321 e. The Hall–Kier alpha value is -4.14. The van der Waals surface area contributed by atoms with Gasteiger partial charge < -0.3 is 4.74 Å². The minimum Gasteiger partial charge on any atom is -0.456 e. The van der Waals surface area contributed by atoms with E-state index in [0.29, 0.717) is 28.8 Å². The number of hydrogen-bond donors (Lipinski definition) is 1. The molecule has 1 aliphatic rings. The number of nitrogens with one attached hydrogen (secondary N) is 1. The molecule has 4 rings (SSSR count). The zero-order valence-electron chi connectivity index (χ0n) is 21.3. The van der Waals surface area contributed by atoms with Crippen molar-refractivity contribution in [1.29, 1.82) is 0 Å². The summed E-state index contributed by atoms with van der Waals surface area (Å²) in [6.07, 6.45) is 0.451. The van der Waals surface area contributed by atoms with Crippen molar-refractivity contribution in [3.8, 4) is 11.1 Å². The number of Topliss-reactive ketones (excluding diaryl/α,β-unsaturated/α-hetero) is 1. The molecule has 210 valence electrons. The molecule has 0 saturated carbocycles. The molecule has 1 aliphatic heterocycles. The van der Waals surface area contributed by atoms with Crippen molar-refractivity contribution in [1.82, 2.24) is 4.72 Å². The molecule has 12 nitrogen and oxygen atoms in total. The molecule has 14 heteroatoms. The maximum absolute atomic E-state index is 12.6. The Kier molecular flexibility index (Phi) is 8.32. The number of sulfonamides is 2. The summed E-state index contributed by atoms with van der Waals surface area (Å²) in [5.74, 6) is -1.52. The van der Waals surface area contributed by atoms with E-state index in [1.807, 2.05) is 0 Å². The highest BCUT2D eigenvalue weighted by Crippen LogP contribution is 2.31. The van der Waals surface area contributed by atoms with Gasteiger partial charge in [0.25, 0.3) is 5.69 Å². The van der Waals surface area contributed by atoms with Crippen LogP contribution in [0.5, 0.6) is 0 Å². The lowest BCUT2D eigenvalue weighted by Gasteiger charge is -2.18. The van der Waals surface area contributed by atoms with Gasteiger partial charge in [-0.15, -0.1) is 0 Å². The summed E-state index contributed by atoms with van der Waals surface area (Å²) in [7, 11) is -7.49. The highest BCUT2D eigenvalue weighted by atomic mass is 32.2. The van der Waals surface area contributed by atoms with Crippen molar-refractivity contribution in [2.75, 3.05) is 29.8 Å². The van der Waals surface area contributed by atoms with E-state index in [9.17, 15) is 36.5 Å². The predicted molar refractivity (Wildman–Crippen MR) is 146 cm³/mol. The molecule has 0 fully saturated rings. The summed E-state index contributed by atoms with van der Waals surface area (Å²) < 4.78 is 58.0. The zero-order valence-corrected chi connectivity index (χ0v) is 22.9. The van der Waals surface area contributed by atoms with Gasteiger partial charge in [0.05, 0.1) is 21.3 Å². The number of esters is 1. The van der Waals surface area contributed by atoms with Gasteiger partial charge in [0, 0.05) is 24.2 Å². The number of carbonyl (C=O) groups excluding carboxylic acids is 2. The Balaban J connectivity index is 1.30. The van der Waals surface area contributed by atoms with Gasteiger partial charge in [-0.05, 0) is 72.5 Å². The number of nitro benzene ring substituents is 1. The third-order valence-electron chi connectivity index (χ3n) is 6.30. The van der Waals surface area contributed by atoms with Crippen molar-refractivity contribution in [3.63, 3.8) is 0 Å². The van der Waals surface area contributed by atoms with Crippen LogP contribution in [0.4, 0.5) is 11.4 Å². The number of fused-ring (bicyclic) bond motifs is 1. The molecule has 0 spiro atoms. The molecular weight excluding hydrogens is 562 g/mol. The molecule has 1 heterocycles. The first kappa shape index (κ1) is 28.9. The fraction of sp³-hybridized carbons (Fsp3) is 0.231. The summed E-state index contributed by atoms with van der Waals surface area (Å²) in [6, 6.07) is 16.1. The first-order valence-corrected chi connectivity index (χ1v) is 15.2. The van der Waals surface area contributed by atoms with Crippen LogP contribution in [-0.4, -0.2) is 59.0 Å². The fourth-order valence-corrected chi connectivity index (χ4v) is 6.24. The van der Waals surface area contributed by atoms with Crippen LogP contribution >= 0.6 is 0 Å². The van der Waals surface area contributed by atoms with Crippen LogP contribution in [0.3, 0.4) is 0 Å². The van der Waals surface area contributed by atoms with E-state index in [1.165, 1.54) is 46.8 Å². The molecule has 40 heavy (non-hydrogen) atoms. The number of ketones is 1. The van der Waals surface area contributed by atoms with E-state index in [0.717, 1.165) is 0 Å². The Labute approximate surface area is 230 Å². The summed E-state index contributed by atoms with van der Waals surface area (Å²) in [4.78, 5) is 34.8. The van der Waals surface area contributed by atoms with Gasteiger partial charge in [0.2, 0.25) is 20.0 Å². The van der Waals surface area contributed by atoms with Gasteiger partial charge in [-0.3, -0.25) is 24.0 Å². The van der Waals surface area contributed by atoms with Gasteiger partial charge in [0.1, 0.15) is 6.54 Å². The minimum atomic E-state index is -4.07. The molecule has 0 amide bonds. The van der Waals surface area contributed by atoms with Crippen LogP contribution in [0, 0.1) is 10.1 Å². The van der Waals surface area contributed by atoms with Gasteiger partial charge >= 0.3 is 5.97 Å². The minimum absolute atomic E-state index is 0.0414. The Bertz CT molecular complexity index is 1670. The van der Waals surface area contributed by atoms with E-state index in [1.54, 1.807) is 31.2 Å². The molecular formula is C26H25N3O9S2. The van der Waals surface area contributed by atoms with Gasteiger partial charge in [-0.25, -0.2) is 16.8 Å². The lowest BCUT2D eigenvalue weighted by Crippen LogP contribution is -2.31. The lowest BCUT2D eigenvalue weighted by molar-refractivity contribution is -0.384. The van der Waals surface area contributed by atoms with Crippen LogP contribution < -0.4 is 9.03 Å². The Morgan fingerprint density at radius 2 is 1.60 bits per heavy atom. The Morgan fingerprint density at radius 3 is 2.20 bits per heavy atom. The number of ether oxygens (including phenoxy) is 1. The third-order valence-corrected chi connectivity index (χ3v) is 9.50. The van der Waals surface area contributed by atoms with Crippen molar-refractivity contribution in [3.05, 3.63) is 88.0 Å². The van der Waals surface area contributed by atoms with Crippen molar-refractivity contribution in [2.24, 2.45) is 0 Å². The number of nitrogens with zero attached hydrogens (tertiary/aromatic N) is 2. The predicted octanol–water partition coefficient (Wildman–Crippen LogP) is 2.68. The van der Waals surface area contributed by atoms with Gasteiger partial charge in [-0.1, -0.05) is 12.1 Å². The van der Waals surface area contributed by atoms with Crippen LogP contribution in [0.25, 0.3) is 11.1 Å². The number of hydrogen-bond acceptors (Lipinski definition) is 9. The molecule has 0 radical (unpaired) electrons. The SMILES string of the molecule is CCS(=O)(=O)N1CCc2cc(C(=O)COC(=O)CNS(=O)(=O)c3ccc(-c4ccc([N+](=O)[O-])cc4)cc3)ccc21. The average Bonchev–Trinajstić information content (AvgIpc) is 3.39. The van der Waals surface area contributed by atoms with Gasteiger partial charge in [-0.2, -0.15) is 4.72 Å². The number of non-ortho nitro benzene ring substituents is 1. The maximum atomic E-state index is 12.6. The third kappa shape index (κ3) is 6.35. The highest BCUT2D eigenvalue weighted by molar-refractivity contribution is 7.92. The van der Waals surface area contributed by atoms with Gasteiger partial charge in [0.15, 0.2) is 12.4 Å². The monoisotopic (exact) mass is 587 g/mol. The molecule has 0 bridgehead atoms. The van der Waals surface area contributed by atoms with Crippen molar-refractivity contribution < 1.29 is 36.1 Å². The van der Waals surface area contributed by atoms with Crippen LogP contribution in [0.15, 0.2) is 71.6 Å². The smallest absolute Gasteiger partial charge is 0.321 e. The lowest BCUT2D eigenvalue weighted by atomic mass is 10.1. The number of benzene rings is 3. The van der Waals surface area contributed by atoms with Crippen molar-refractivity contribution in [2.45, 2.75) is 18.2 Å². The first-order valence-electron chi connectivity index (χ1n) is 12.1. The molecule has 0 atom stereocenters. The molecule has 3 aromatic rings. The highest BCUT2D eigenvalue weighted by Gasteiger charge is 2.28. The molecule has 0 aliphatic carbocycles. The standard InChI is InChI=1S/C26H25N3O9S2/c1-2-39(34,35)28-14-13-20-15-21(7-12-24(20)28)25(30)17-38-26(31)16-27-40(36,37)23-10-5-19(6-11-23)18-3-8-22(9-4-18)29(32)33/h3-12,15,27H,2,13-14,16-17H2,1H3. The van der Waals surface area contributed by atoms with E-state index in [4.69, 9.17) is 4.74 Å². The molecule has 1 N–H and O–H groups in total. The van der Waals surface area contributed by atoms with E-state index >= 15 is 0 Å². The fourth-order valence-electron chi connectivity index (χ4n) is 4.11. The second-order valence-electron chi connectivity index (χ2n) is 8.80. The molecule has 0 saturated heterocycles.